The topological polar surface area (TPSA) is 18.5 Å². The van der Waals surface area contributed by atoms with E-state index in [1.807, 2.05) is 0 Å². The van der Waals surface area contributed by atoms with Gasteiger partial charge in [-0.05, 0) is 0 Å². The highest BCUT2D eigenvalue weighted by atomic mass is 19.4. The van der Waals surface area contributed by atoms with Crippen molar-refractivity contribution in [2.24, 2.45) is 0 Å². The Hall–Kier alpha value is -1.06. The Morgan fingerprint density at radius 2 is 0.545 bits per heavy atom. The van der Waals surface area contributed by atoms with E-state index in [-0.39, 0.29) is 0 Å². The van der Waals surface area contributed by atoms with E-state index in [4.69, 9.17) is 0 Å². The van der Waals surface area contributed by atoms with Crippen LogP contribution < -0.4 is 0 Å². The van der Waals surface area contributed by atoms with Crippen molar-refractivity contribution in [3.05, 3.63) is 0 Å². The molecule has 0 atom stereocenters. The number of hydrogen-bond donors (Lipinski definition) is 0. The molecule has 0 radical (unpaired) electrons. The van der Waals surface area contributed by atoms with Gasteiger partial charge in [-0.15, -0.1) is 26.3 Å². The second kappa shape index (κ2) is 5.24. The van der Waals surface area contributed by atoms with Crippen LogP contribution in [0.15, 0.2) is 0 Å². The lowest BCUT2D eigenvalue weighted by Crippen LogP contribution is -2.65. The number of alkyl halides is 14. The lowest BCUT2D eigenvalue weighted by atomic mass is 10.1. The van der Waals surface area contributed by atoms with E-state index in [0.717, 1.165) is 0 Å². The molecule has 0 fully saturated rings. The monoisotopic (exact) mass is 370 g/mol. The van der Waals surface area contributed by atoms with Gasteiger partial charge in [-0.25, -0.2) is 9.47 Å². The van der Waals surface area contributed by atoms with Crippen molar-refractivity contribution in [1.82, 2.24) is 0 Å². The van der Waals surface area contributed by atoms with E-state index in [2.05, 4.69) is 0 Å². The van der Waals surface area contributed by atoms with Crippen molar-refractivity contribution in [2.45, 2.75) is 36.8 Å². The maximum atomic E-state index is 12.5. The predicted molar refractivity (Wildman–Crippen MR) is 34.1 cm³/mol. The van der Waals surface area contributed by atoms with Crippen molar-refractivity contribution in [1.29, 1.82) is 0 Å². The molecule has 0 aliphatic carbocycles. The molecule has 22 heavy (non-hydrogen) atoms. The molecule has 0 heterocycles. The second-order valence-electron chi connectivity index (χ2n) is 3.28. The molecule has 0 aliphatic heterocycles. The molecule has 16 heteroatoms. The first-order chi connectivity index (χ1) is 9.16. The van der Waals surface area contributed by atoms with Crippen LogP contribution in [0.1, 0.15) is 0 Å². The molecule has 0 aromatic heterocycles. The first-order valence-corrected chi connectivity index (χ1v) is 4.21. The highest BCUT2D eigenvalue weighted by Gasteiger charge is 2.85. The second-order valence-corrected chi connectivity index (χ2v) is 3.28. The van der Waals surface area contributed by atoms with Crippen LogP contribution in [-0.2, 0) is 9.47 Å². The molecule has 0 bridgehead atoms. The summed E-state index contributed by atoms with van der Waals surface area (Å²) in [4.78, 5) is 0. The minimum absolute atomic E-state index is 1.27. The fraction of sp³-hybridized carbons (Fsp3) is 1.00. The summed E-state index contributed by atoms with van der Waals surface area (Å²) in [5.74, 6) is -15.5. The Labute approximate surface area is 109 Å². The average molecular weight is 370 g/mol. The Morgan fingerprint density at radius 1 is 0.364 bits per heavy atom. The van der Waals surface area contributed by atoms with E-state index < -0.39 is 36.8 Å². The maximum Gasteiger partial charge on any atom is 0.527 e. The third-order valence-electron chi connectivity index (χ3n) is 1.61. The number of hydrogen-bond acceptors (Lipinski definition) is 2. The first kappa shape index (κ1) is 20.9. The highest BCUT2D eigenvalue weighted by Crippen LogP contribution is 2.55. The summed E-state index contributed by atoms with van der Waals surface area (Å²) in [6.07, 6.45) is -28.1. The van der Waals surface area contributed by atoms with Crippen molar-refractivity contribution in [3.8, 4) is 0 Å². The molecule has 0 aromatic rings. The molecular weight excluding hydrogens is 370 g/mol. The van der Waals surface area contributed by atoms with Gasteiger partial charge in [0.05, 0.1) is 0 Å². The molecule has 0 aromatic carbocycles. The van der Waals surface area contributed by atoms with Gasteiger partial charge in [0.15, 0.2) is 0 Å². The van der Waals surface area contributed by atoms with Gasteiger partial charge in [0, 0.05) is 0 Å². The molecule has 0 unspecified atom stereocenters. The Bertz CT molecular complexity index is 353. The minimum Gasteiger partial charge on any atom is -0.221 e. The van der Waals surface area contributed by atoms with Crippen LogP contribution in [0.4, 0.5) is 61.5 Å². The van der Waals surface area contributed by atoms with Crippen LogP contribution in [0.25, 0.3) is 0 Å². The molecule has 0 amide bonds. The van der Waals surface area contributed by atoms with E-state index in [1.165, 1.54) is 9.47 Å². The SMILES string of the molecule is FC(F)(F)OC(F)(F)C(F)(F)C(F)(F)C(F)(F)OC(F)(F)F. The average Bonchev–Trinajstić information content (AvgIpc) is 2.08. The fourth-order valence-corrected chi connectivity index (χ4v) is 0.784. The van der Waals surface area contributed by atoms with Gasteiger partial charge in [-0.1, -0.05) is 0 Å². The van der Waals surface area contributed by atoms with Gasteiger partial charge >= 0.3 is 36.8 Å². The van der Waals surface area contributed by atoms with Gasteiger partial charge in [0.1, 0.15) is 0 Å². The van der Waals surface area contributed by atoms with E-state index >= 15 is 0 Å². The first-order valence-electron chi connectivity index (χ1n) is 4.21. The van der Waals surface area contributed by atoms with E-state index in [0.29, 0.717) is 0 Å². The summed E-state index contributed by atoms with van der Waals surface area (Å²) in [5, 5.41) is 0. The zero-order chi connectivity index (χ0) is 18.4. The van der Waals surface area contributed by atoms with Crippen LogP contribution in [-0.4, -0.2) is 36.8 Å². The largest absolute Gasteiger partial charge is 0.527 e. The third kappa shape index (κ3) is 4.23. The minimum atomic E-state index is -7.73. The van der Waals surface area contributed by atoms with Crippen molar-refractivity contribution in [2.75, 3.05) is 0 Å². The van der Waals surface area contributed by atoms with Crippen LogP contribution in [0.5, 0.6) is 0 Å². The Balaban J connectivity index is 5.74. The molecule has 2 nitrogen and oxygen atoms in total. The fourth-order valence-electron chi connectivity index (χ4n) is 0.784. The molecule has 0 rings (SSSR count). The zero-order valence-corrected chi connectivity index (χ0v) is 9.11. The third-order valence-corrected chi connectivity index (χ3v) is 1.61. The Kier molecular flexibility index (Phi) is 4.99. The van der Waals surface area contributed by atoms with E-state index in [1.54, 1.807) is 0 Å². The molecular formula is C6F14O2. The Morgan fingerprint density at radius 3 is 0.682 bits per heavy atom. The number of halogens is 14. The quantitative estimate of drug-likeness (QED) is 0.663. The highest BCUT2D eigenvalue weighted by molar-refractivity contribution is 4.97. The van der Waals surface area contributed by atoms with Crippen LogP contribution in [0.3, 0.4) is 0 Å². The molecule has 0 saturated carbocycles. The normalized spacial score (nSPS) is 16.1. The molecule has 0 N–H and O–H groups in total. The zero-order valence-electron chi connectivity index (χ0n) is 9.11. The summed E-state index contributed by atoms with van der Waals surface area (Å²) in [7, 11) is 0. The van der Waals surface area contributed by atoms with Crippen LogP contribution >= 0.6 is 0 Å². The molecule has 134 valence electrons. The van der Waals surface area contributed by atoms with Gasteiger partial charge in [0.25, 0.3) is 0 Å². The maximum absolute atomic E-state index is 12.5. The lowest BCUT2D eigenvalue weighted by molar-refractivity contribution is -0.531. The summed E-state index contributed by atoms with van der Waals surface area (Å²) >= 11 is 0. The number of ether oxygens (including phenoxy) is 2. The van der Waals surface area contributed by atoms with Gasteiger partial charge in [-0.2, -0.15) is 35.1 Å². The molecule has 0 aliphatic rings. The van der Waals surface area contributed by atoms with Crippen LogP contribution in [0, 0.1) is 0 Å². The smallest absolute Gasteiger partial charge is 0.221 e. The van der Waals surface area contributed by atoms with Crippen molar-refractivity contribution in [3.63, 3.8) is 0 Å². The molecule has 0 spiro atoms. The summed E-state index contributed by atoms with van der Waals surface area (Å²) in [6.45, 7) is 0. The van der Waals surface area contributed by atoms with Gasteiger partial charge in [0.2, 0.25) is 0 Å². The summed E-state index contributed by atoms with van der Waals surface area (Å²) < 4.78 is 170. The number of rotatable bonds is 5. The van der Waals surface area contributed by atoms with Crippen molar-refractivity contribution < 1.29 is 70.9 Å². The standard InChI is InChI=1S/C6F14O2/c7-1(8,3(11,12)21-5(15,16)17)2(9,10)4(13,14)22-6(18,19)20. The summed E-state index contributed by atoms with van der Waals surface area (Å²) in [5.41, 5.74) is 0. The molecule has 0 saturated heterocycles. The van der Waals surface area contributed by atoms with Gasteiger partial charge in [-0.3, -0.25) is 0 Å². The van der Waals surface area contributed by atoms with Crippen LogP contribution in [0.2, 0.25) is 0 Å². The summed E-state index contributed by atoms with van der Waals surface area (Å²) in [6, 6.07) is 0. The lowest BCUT2D eigenvalue weighted by Gasteiger charge is -2.35. The van der Waals surface area contributed by atoms with E-state index in [9.17, 15) is 61.5 Å². The predicted octanol–water partition coefficient (Wildman–Crippen LogP) is 4.52. The van der Waals surface area contributed by atoms with Gasteiger partial charge < -0.3 is 0 Å². The van der Waals surface area contributed by atoms with Crippen molar-refractivity contribution >= 4 is 0 Å².